The first-order valence-electron chi connectivity index (χ1n) is 6.51. The van der Waals surface area contributed by atoms with Gasteiger partial charge in [0, 0.05) is 25.2 Å². The second kappa shape index (κ2) is 6.13. The molecule has 0 amide bonds. The van der Waals surface area contributed by atoms with Gasteiger partial charge in [0.15, 0.2) is 0 Å². The molecule has 2 nitrogen and oxygen atoms in total. The van der Waals surface area contributed by atoms with Crippen LogP contribution in [0.5, 0.6) is 0 Å². The van der Waals surface area contributed by atoms with E-state index in [0.29, 0.717) is 23.1 Å². The molecule has 2 atom stereocenters. The fraction of sp³-hybridized carbons (Fsp3) is 0.571. The molecule has 1 fully saturated rings. The zero-order chi connectivity index (χ0) is 13.1. The number of nitrogens with zero attached hydrogens (tertiary/aromatic N) is 1. The summed E-state index contributed by atoms with van der Waals surface area (Å²) in [5.41, 5.74) is 6.86. The van der Waals surface area contributed by atoms with Crippen LogP contribution in [0.3, 0.4) is 0 Å². The van der Waals surface area contributed by atoms with Crippen LogP contribution in [0, 0.1) is 5.82 Å². The summed E-state index contributed by atoms with van der Waals surface area (Å²) in [7, 11) is 0. The van der Waals surface area contributed by atoms with Crippen molar-refractivity contribution in [3.63, 3.8) is 0 Å². The van der Waals surface area contributed by atoms with Gasteiger partial charge < -0.3 is 5.73 Å². The molecule has 4 heteroatoms. The molecule has 1 aliphatic heterocycles. The van der Waals surface area contributed by atoms with Crippen LogP contribution < -0.4 is 5.73 Å². The van der Waals surface area contributed by atoms with Gasteiger partial charge in [-0.3, -0.25) is 4.90 Å². The van der Waals surface area contributed by atoms with Crippen molar-refractivity contribution in [2.75, 3.05) is 6.54 Å². The van der Waals surface area contributed by atoms with Crippen LogP contribution in [0.25, 0.3) is 0 Å². The topological polar surface area (TPSA) is 29.3 Å². The van der Waals surface area contributed by atoms with Crippen LogP contribution in [-0.2, 0) is 6.54 Å². The number of hydrogen-bond acceptors (Lipinski definition) is 2. The van der Waals surface area contributed by atoms with E-state index >= 15 is 0 Å². The Morgan fingerprint density at radius 1 is 1.44 bits per heavy atom. The standard InChI is InChI=1S/C14H20BrFN2/c1-10-3-2-4-12(8-17)18(10)9-11-5-6-13(15)14(16)7-11/h5-7,10,12H,2-4,8-9,17H2,1H3. The van der Waals surface area contributed by atoms with E-state index in [2.05, 4.69) is 27.8 Å². The smallest absolute Gasteiger partial charge is 0.137 e. The molecular weight excluding hydrogens is 295 g/mol. The Kier molecular flexibility index (Phi) is 4.76. The van der Waals surface area contributed by atoms with E-state index in [1.165, 1.54) is 12.8 Å². The highest BCUT2D eigenvalue weighted by molar-refractivity contribution is 9.10. The Balaban J connectivity index is 2.12. The van der Waals surface area contributed by atoms with E-state index in [0.717, 1.165) is 18.5 Å². The van der Waals surface area contributed by atoms with Gasteiger partial charge >= 0.3 is 0 Å². The minimum Gasteiger partial charge on any atom is -0.329 e. The van der Waals surface area contributed by atoms with Crippen LogP contribution >= 0.6 is 15.9 Å². The van der Waals surface area contributed by atoms with Gasteiger partial charge in [0.05, 0.1) is 4.47 Å². The average molecular weight is 315 g/mol. The summed E-state index contributed by atoms with van der Waals surface area (Å²) < 4.78 is 14.0. The first kappa shape index (κ1) is 14.0. The minimum absolute atomic E-state index is 0.193. The molecular formula is C14H20BrFN2. The van der Waals surface area contributed by atoms with Crippen LogP contribution in [-0.4, -0.2) is 23.5 Å². The zero-order valence-corrected chi connectivity index (χ0v) is 12.3. The van der Waals surface area contributed by atoms with Gasteiger partial charge in [-0.1, -0.05) is 12.5 Å². The van der Waals surface area contributed by atoms with E-state index in [4.69, 9.17) is 5.73 Å². The number of halogens is 2. The van der Waals surface area contributed by atoms with Gasteiger partial charge in [-0.15, -0.1) is 0 Å². The maximum absolute atomic E-state index is 13.5. The summed E-state index contributed by atoms with van der Waals surface area (Å²) in [4.78, 5) is 2.41. The van der Waals surface area contributed by atoms with Crippen molar-refractivity contribution in [2.24, 2.45) is 5.73 Å². The molecule has 1 aromatic carbocycles. The lowest BCUT2D eigenvalue weighted by Crippen LogP contribution is -2.48. The maximum atomic E-state index is 13.5. The third kappa shape index (κ3) is 3.11. The molecule has 0 saturated carbocycles. The molecule has 18 heavy (non-hydrogen) atoms. The molecule has 2 unspecified atom stereocenters. The molecule has 1 aliphatic rings. The highest BCUT2D eigenvalue weighted by atomic mass is 79.9. The summed E-state index contributed by atoms with van der Waals surface area (Å²) in [6, 6.07) is 6.32. The van der Waals surface area contributed by atoms with E-state index < -0.39 is 0 Å². The Hall–Kier alpha value is -0.450. The van der Waals surface area contributed by atoms with Crippen molar-refractivity contribution < 1.29 is 4.39 Å². The first-order chi connectivity index (χ1) is 8.61. The van der Waals surface area contributed by atoms with Crippen molar-refractivity contribution in [3.05, 3.63) is 34.1 Å². The van der Waals surface area contributed by atoms with Crippen molar-refractivity contribution in [1.82, 2.24) is 4.90 Å². The van der Waals surface area contributed by atoms with Crippen molar-refractivity contribution >= 4 is 15.9 Å². The highest BCUT2D eigenvalue weighted by Gasteiger charge is 2.26. The molecule has 0 radical (unpaired) electrons. The summed E-state index contributed by atoms with van der Waals surface area (Å²) in [5, 5.41) is 0. The van der Waals surface area contributed by atoms with Gasteiger partial charge in [0.1, 0.15) is 5.82 Å². The number of piperidine rings is 1. The Morgan fingerprint density at radius 2 is 2.22 bits per heavy atom. The lowest BCUT2D eigenvalue weighted by molar-refractivity contribution is 0.0891. The number of benzene rings is 1. The number of likely N-dealkylation sites (tertiary alicyclic amines) is 1. The summed E-state index contributed by atoms with van der Waals surface area (Å²) in [6.07, 6.45) is 3.60. The van der Waals surface area contributed by atoms with Gasteiger partial charge in [0.2, 0.25) is 0 Å². The quantitative estimate of drug-likeness (QED) is 0.927. The van der Waals surface area contributed by atoms with Gasteiger partial charge in [-0.05, 0) is 53.4 Å². The second-order valence-corrected chi connectivity index (χ2v) is 5.94. The number of rotatable bonds is 3. The molecule has 0 bridgehead atoms. The molecule has 1 heterocycles. The normalized spacial score (nSPS) is 25.3. The number of hydrogen-bond donors (Lipinski definition) is 1. The third-order valence-corrected chi connectivity index (χ3v) is 4.46. The predicted molar refractivity (Wildman–Crippen MR) is 75.8 cm³/mol. The van der Waals surface area contributed by atoms with Gasteiger partial charge in [-0.2, -0.15) is 0 Å². The molecule has 0 aromatic heterocycles. The van der Waals surface area contributed by atoms with Crippen LogP contribution in [0.2, 0.25) is 0 Å². The van der Waals surface area contributed by atoms with Gasteiger partial charge in [0.25, 0.3) is 0 Å². The summed E-state index contributed by atoms with van der Waals surface area (Å²) in [6.45, 7) is 3.70. The van der Waals surface area contributed by atoms with E-state index in [9.17, 15) is 4.39 Å². The fourth-order valence-corrected chi connectivity index (χ4v) is 2.97. The maximum Gasteiger partial charge on any atom is 0.137 e. The van der Waals surface area contributed by atoms with E-state index in [1.54, 1.807) is 12.1 Å². The minimum atomic E-state index is -0.193. The fourth-order valence-electron chi connectivity index (χ4n) is 2.73. The van der Waals surface area contributed by atoms with Crippen molar-refractivity contribution in [2.45, 2.75) is 44.8 Å². The SMILES string of the molecule is CC1CCCC(CN)N1Cc1ccc(Br)c(F)c1. The number of nitrogens with two attached hydrogens (primary N) is 1. The Morgan fingerprint density at radius 3 is 2.89 bits per heavy atom. The van der Waals surface area contributed by atoms with E-state index in [1.807, 2.05) is 6.07 Å². The van der Waals surface area contributed by atoms with E-state index in [-0.39, 0.29) is 5.82 Å². The molecule has 0 spiro atoms. The average Bonchev–Trinajstić information content (AvgIpc) is 2.36. The third-order valence-electron chi connectivity index (χ3n) is 3.82. The molecule has 2 rings (SSSR count). The van der Waals surface area contributed by atoms with Crippen LogP contribution in [0.1, 0.15) is 31.7 Å². The van der Waals surface area contributed by atoms with Crippen LogP contribution in [0.15, 0.2) is 22.7 Å². The highest BCUT2D eigenvalue weighted by Crippen LogP contribution is 2.25. The van der Waals surface area contributed by atoms with Crippen LogP contribution in [0.4, 0.5) is 4.39 Å². The summed E-state index contributed by atoms with van der Waals surface area (Å²) >= 11 is 3.18. The van der Waals surface area contributed by atoms with Crippen molar-refractivity contribution in [1.29, 1.82) is 0 Å². The lowest BCUT2D eigenvalue weighted by Gasteiger charge is -2.40. The molecule has 1 aromatic rings. The molecule has 2 N–H and O–H groups in total. The second-order valence-electron chi connectivity index (χ2n) is 5.09. The molecule has 0 aliphatic carbocycles. The molecule has 100 valence electrons. The lowest BCUT2D eigenvalue weighted by atomic mass is 9.95. The first-order valence-corrected chi connectivity index (χ1v) is 7.31. The van der Waals surface area contributed by atoms with Gasteiger partial charge in [-0.25, -0.2) is 4.39 Å². The summed E-state index contributed by atoms with van der Waals surface area (Å²) in [5.74, 6) is -0.193. The largest absolute Gasteiger partial charge is 0.329 e. The monoisotopic (exact) mass is 314 g/mol. The van der Waals surface area contributed by atoms with Crippen molar-refractivity contribution in [3.8, 4) is 0 Å². The Bertz CT molecular complexity index is 411. The molecule has 1 saturated heterocycles. The predicted octanol–water partition coefficient (Wildman–Crippen LogP) is 3.29. The zero-order valence-electron chi connectivity index (χ0n) is 10.7. The Labute approximate surface area is 116 Å².